The SMILES string of the molecule is Cl.O=C(CCN1CCSC2CCCCC21)N1CCNCC1. The van der Waals surface area contributed by atoms with Crippen LogP contribution in [0.25, 0.3) is 0 Å². The van der Waals surface area contributed by atoms with E-state index in [1.165, 1.54) is 38.0 Å². The van der Waals surface area contributed by atoms with Gasteiger partial charge in [0, 0.05) is 62.7 Å². The molecule has 1 saturated carbocycles. The van der Waals surface area contributed by atoms with Crippen molar-refractivity contribution >= 4 is 30.1 Å². The number of carbonyl (C=O) groups is 1. The fraction of sp³-hybridized carbons (Fsp3) is 0.933. The first-order valence-corrected chi connectivity index (χ1v) is 9.23. The van der Waals surface area contributed by atoms with Crippen LogP contribution in [0.2, 0.25) is 0 Å². The van der Waals surface area contributed by atoms with Gasteiger partial charge in [-0.2, -0.15) is 11.8 Å². The molecule has 0 spiro atoms. The molecule has 4 nitrogen and oxygen atoms in total. The van der Waals surface area contributed by atoms with E-state index in [9.17, 15) is 4.79 Å². The van der Waals surface area contributed by atoms with Crippen molar-refractivity contribution in [3.05, 3.63) is 0 Å². The van der Waals surface area contributed by atoms with Crippen molar-refractivity contribution in [2.45, 2.75) is 43.4 Å². The van der Waals surface area contributed by atoms with E-state index >= 15 is 0 Å². The van der Waals surface area contributed by atoms with Crippen LogP contribution in [0.3, 0.4) is 0 Å². The van der Waals surface area contributed by atoms with Crippen molar-refractivity contribution in [2.24, 2.45) is 0 Å². The van der Waals surface area contributed by atoms with Gasteiger partial charge in [-0.3, -0.25) is 9.69 Å². The molecule has 2 saturated heterocycles. The standard InChI is InChI=1S/C15H27N3OS.ClH/c19-15(18-9-6-16-7-10-18)5-8-17-11-12-20-14-4-2-1-3-13(14)17;/h13-14,16H,1-12H2;1H. The van der Waals surface area contributed by atoms with Crippen molar-refractivity contribution in [3.63, 3.8) is 0 Å². The van der Waals surface area contributed by atoms with Crippen molar-refractivity contribution in [2.75, 3.05) is 45.0 Å². The summed E-state index contributed by atoms with van der Waals surface area (Å²) in [5, 5.41) is 4.14. The minimum atomic E-state index is 0. The molecule has 1 aliphatic carbocycles. The zero-order chi connectivity index (χ0) is 13.8. The molecule has 2 atom stereocenters. The second-order valence-corrected chi connectivity index (χ2v) is 7.52. The van der Waals surface area contributed by atoms with E-state index in [0.717, 1.165) is 44.0 Å². The number of nitrogens with zero attached hydrogens (tertiary/aromatic N) is 2. The van der Waals surface area contributed by atoms with Crippen molar-refractivity contribution < 1.29 is 4.79 Å². The highest BCUT2D eigenvalue weighted by atomic mass is 35.5. The van der Waals surface area contributed by atoms with Crippen molar-refractivity contribution in [1.29, 1.82) is 0 Å². The van der Waals surface area contributed by atoms with Crippen LogP contribution in [0, 0.1) is 0 Å². The number of fused-ring (bicyclic) bond motifs is 1. The second-order valence-electron chi connectivity index (χ2n) is 6.18. The third kappa shape index (κ3) is 4.50. The number of carbonyl (C=O) groups excluding carboxylic acids is 1. The molecule has 0 aromatic heterocycles. The second kappa shape index (κ2) is 8.61. The predicted octanol–water partition coefficient (Wildman–Crippen LogP) is 1.59. The zero-order valence-corrected chi connectivity index (χ0v) is 14.4. The van der Waals surface area contributed by atoms with Crippen LogP contribution in [0.5, 0.6) is 0 Å². The molecule has 3 aliphatic rings. The number of hydrogen-bond donors (Lipinski definition) is 1. The number of nitrogens with one attached hydrogen (secondary N) is 1. The van der Waals surface area contributed by atoms with E-state index in [0.29, 0.717) is 12.3 Å². The van der Waals surface area contributed by atoms with Crippen LogP contribution in [0.1, 0.15) is 32.1 Å². The third-order valence-corrected chi connectivity index (χ3v) is 6.33. The Hall–Kier alpha value is 0.0300. The molecule has 2 heterocycles. The molecule has 122 valence electrons. The summed E-state index contributed by atoms with van der Waals surface area (Å²) in [5.41, 5.74) is 0. The minimum absolute atomic E-state index is 0. The molecule has 0 bridgehead atoms. The lowest BCUT2D eigenvalue weighted by molar-refractivity contribution is -0.132. The summed E-state index contributed by atoms with van der Waals surface area (Å²) in [6.45, 7) is 5.85. The Morgan fingerprint density at radius 1 is 1.14 bits per heavy atom. The van der Waals surface area contributed by atoms with Gasteiger partial charge < -0.3 is 10.2 Å². The van der Waals surface area contributed by atoms with Gasteiger partial charge in [0.1, 0.15) is 0 Å². The summed E-state index contributed by atoms with van der Waals surface area (Å²) in [6.07, 6.45) is 6.23. The van der Waals surface area contributed by atoms with Crippen LogP contribution < -0.4 is 5.32 Å². The smallest absolute Gasteiger partial charge is 0.223 e. The molecule has 3 rings (SSSR count). The van der Waals surface area contributed by atoms with Crippen LogP contribution in [0.15, 0.2) is 0 Å². The van der Waals surface area contributed by atoms with Gasteiger partial charge in [-0.1, -0.05) is 12.8 Å². The summed E-state index contributed by atoms with van der Waals surface area (Å²) in [4.78, 5) is 16.9. The Morgan fingerprint density at radius 2 is 1.90 bits per heavy atom. The van der Waals surface area contributed by atoms with Gasteiger partial charge in [0.25, 0.3) is 0 Å². The van der Waals surface area contributed by atoms with Crippen molar-refractivity contribution in [3.8, 4) is 0 Å². The molecular formula is C15H28ClN3OS. The average molecular weight is 334 g/mol. The first-order chi connectivity index (χ1) is 9.84. The number of piperazine rings is 1. The molecule has 2 unspecified atom stereocenters. The topological polar surface area (TPSA) is 35.6 Å². The van der Waals surface area contributed by atoms with Crippen LogP contribution in [0.4, 0.5) is 0 Å². The largest absolute Gasteiger partial charge is 0.340 e. The summed E-state index contributed by atoms with van der Waals surface area (Å²) >= 11 is 2.17. The predicted molar refractivity (Wildman–Crippen MR) is 91.4 cm³/mol. The van der Waals surface area contributed by atoms with Gasteiger partial charge in [0.15, 0.2) is 0 Å². The lowest BCUT2D eigenvalue weighted by Crippen LogP contribution is -2.51. The molecule has 3 fully saturated rings. The van der Waals surface area contributed by atoms with Crippen LogP contribution in [-0.4, -0.2) is 72.0 Å². The molecule has 2 aliphatic heterocycles. The van der Waals surface area contributed by atoms with E-state index < -0.39 is 0 Å². The lowest BCUT2D eigenvalue weighted by Gasteiger charge is -2.43. The zero-order valence-electron chi connectivity index (χ0n) is 12.8. The number of amides is 1. The quantitative estimate of drug-likeness (QED) is 0.851. The van der Waals surface area contributed by atoms with E-state index in [2.05, 4.69) is 22.0 Å². The maximum absolute atomic E-state index is 12.3. The Labute approximate surface area is 138 Å². The highest BCUT2D eigenvalue weighted by Gasteiger charge is 2.33. The fourth-order valence-electron chi connectivity index (χ4n) is 3.77. The van der Waals surface area contributed by atoms with Crippen LogP contribution >= 0.6 is 24.2 Å². The molecule has 6 heteroatoms. The van der Waals surface area contributed by atoms with Gasteiger partial charge >= 0.3 is 0 Å². The molecule has 1 amide bonds. The van der Waals surface area contributed by atoms with Crippen LogP contribution in [-0.2, 0) is 4.79 Å². The summed E-state index contributed by atoms with van der Waals surface area (Å²) in [5.74, 6) is 1.61. The highest BCUT2D eigenvalue weighted by Crippen LogP contribution is 2.35. The molecule has 0 aromatic carbocycles. The Kier molecular flexibility index (Phi) is 7.13. The van der Waals surface area contributed by atoms with Gasteiger partial charge in [-0.15, -0.1) is 12.4 Å². The first kappa shape index (κ1) is 17.4. The molecule has 0 aromatic rings. The average Bonchev–Trinajstić information content (AvgIpc) is 2.53. The Morgan fingerprint density at radius 3 is 2.71 bits per heavy atom. The van der Waals surface area contributed by atoms with Gasteiger partial charge in [0.05, 0.1) is 0 Å². The number of thioether (sulfide) groups is 1. The lowest BCUT2D eigenvalue weighted by atomic mass is 9.93. The number of hydrogen-bond acceptors (Lipinski definition) is 4. The third-order valence-electron chi connectivity index (χ3n) is 4.93. The molecule has 1 N–H and O–H groups in total. The van der Waals surface area contributed by atoms with Gasteiger partial charge in [0.2, 0.25) is 5.91 Å². The maximum atomic E-state index is 12.3. The van der Waals surface area contributed by atoms with Gasteiger partial charge in [-0.25, -0.2) is 0 Å². The van der Waals surface area contributed by atoms with Crippen molar-refractivity contribution in [1.82, 2.24) is 15.1 Å². The summed E-state index contributed by atoms with van der Waals surface area (Å²) in [7, 11) is 0. The molecule has 0 radical (unpaired) electrons. The Balaban J connectivity index is 0.00000161. The highest BCUT2D eigenvalue weighted by molar-refractivity contribution is 8.00. The van der Waals surface area contributed by atoms with Gasteiger partial charge in [-0.05, 0) is 12.8 Å². The first-order valence-electron chi connectivity index (χ1n) is 8.19. The number of rotatable bonds is 3. The van der Waals surface area contributed by atoms with E-state index in [4.69, 9.17) is 0 Å². The van der Waals surface area contributed by atoms with E-state index in [1.807, 2.05) is 4.90 Å². The normalized spacial score (nSPS) is 30.4. The van der Waals surface area contributed by atoms with E-state index in [-0.39, 0.29) is 12.4 Å². The van der Waals surface area contributed by atoms with E-state index in [1.54, 1.807) is 0 Å². The summed E-state index contributed by atoms with van der Waals surface area (Å²) < 4.78 is 0. The fourth-order valence-corrected chi connectivity index (χ4v) is 5.27. The molecular weight excluding hydrogens is 306 g/mol. The summed E-state index contributed by atoms with van der Waals surface area (Å²) in [6, 6.07) is 0.748. The Bertz CT molecular complexity index is 337. The number of halogens is 1. The maximum Gasteiger partial charge on any atom is 0.223 e. The monoisotopic (exact) mass is 333 g/mol. The molecule has 21 heavy (non-hydrogen) atoms. The minimum Gasteiger partial charge on any atom is -0.340 e.